The van der Waals surface area contributed by atoms with Crippen LogP contribution in [0.3, 0.4) is 0 Å². The average molecular weight is 917 g/mol. The molecule has 0 atom stereocenters. The molecule has 0 N–H and O–H groups in total. The molecule has 324 valence electrons. The van der Waals surface area contributed by atoms with Gasteiger partial charge in [-0.25, -0.2) is 9.97 Å². The van der Waals surface area contributed by atoms with E-state index in [4.69, 9.17) is 9.97 Å². The maximum Gasteiger partial charge on any atom is 0.235 e. The third-order valence-corrected chi connectivity index (χ3v) is 17.1. The Kier molecular flexibility index (Phi) is 8.13. The van der Waals surface area contributed by atoms with E-state index in [0.29, 0.717) is 5.95 Å². The fraction of sp³-hybridized carbons (Fsp3) is 0.0476. The third kappa shape index (κ3) is 5.50. The van der Waals surface area contributed by atoms with E-state index in [1.165, 1.54) is 78.8 Å². The molecule has 0 radical (unpaired) electrons. The maximum absolute atomic E-state index is 5.77. The lowest BCUT2D eigenvalue weighted by Gasteiger charge is -2.25. The van der Waals surface area contributed by atoms with Crippen molar-refractivity contribution in [3.8, 4) is 28.3 Å². The Morgan fingerprint density at radius 3 is 1.87 bits per heavy atom. The summed E-state index contributed by atoms with van der Waals surface area (Å²) in [7, 11) is 0. The Bertz CT molecular complexity index is 4430. The average Bonchev–Trinajstić information content (AvgIpc) is 4.13. The van der Waals surface area contributed by atoms with Gasteiger partial charge in [0, 0.05) is 95.3 Å². The fourth-order valence-corrected chi connectivity index (χ4v) is 14.1. The lowest BCUT2D eigenvalue weighted by atomic mass is 9.82. The molecule has 0 spiro atoms. The fourth-order valence-electron chi connectivity index (χ4n) is 11.7. The number of benzene rings is 10. The van der Waals surface area contributed by atoms with Crippen molar-refractivity contribution in [1.82, 2.24) is 14.5 Å². The highest BCUT2D eigenvalue weighted by molar-refractivity contribution is 7.27. The zero-order valence-corrected chi connectivity index (χ0v) is 39.4. The molecule has 10 aromatic carbocycles. The van der Waals surface area contributed by atoms with E-state index in [2.05, 4.69) is 230 Å². The van der Waals surface area contributed by atoms with Crippen molar-refractivity contribution >= 4 is 124 Å². The number of thiophene rings is 2. The van der Waals surface area contributed by atoms with Crippen LogP contribution in [0.5, 0.6) is 0 Å². The molecule has 1 aliphatic carbocycles. The SMILES string of the molecule is CC1(C)c2ccccc2-c2ccc(-c3nc(-n4c5ccc(N(c6ccccc6)c6ccccc6)cc5c5c6sc7ccccc7c6c6c(ccc7sc8ccccc8c76)c54)nc4ccccc34)cc21. The Balaban J connectivity index is 1.10. The Hall–Kier alpha value is -8.16. The molecule has 1 aliphatic rings. The van der Waals surface area contributed by atoms with E-state index in [-0.39, 0.29) is 5.41 Å². The molecule has 0 amide bonds. The first-order valence-corrected chi connectivity index (χ1v) is 25.2. The number of para-hydroxylation sites is 3. The van der Waals surface area contributed by atoms with E-state index in [9.17, 15) is 0 Å². The van der Waals surface area contributed by atoms with Gasteiger partial charge in [-0.05, 0) is 95.1 Å². The summed E-state index contributed by atoms with van der Waals surface area (Å²) in [4.78, 5) is 13.7. The molecule has 14 aromatic rings. The summed E-state index contributed by atoms with van der Waals surface area (Å²) in [6.07, 6.45) is 0. The smallest absolute Gasteiger partial charge is 0.235 e. The van der Waals surface area contributed by atoms with Gasteiger partial charge >= 0.3 is 0 Å². The number of hydrogen-bond donors (Lipinski definition) is 0. The second kappa shape index (κ2) is 14.4. The van der Waals surface area contributed by atoms with Crippen molar-refractivity contribution in [3.05, 3.63) is 217 Å². The summed E-state index contributed by atoms with van der Waals surface area (Å²) in [5, 5.41) is 11.1. The molecule has 4 aromatic heterocycles. The zero-order valence-electron chi connectivity index (χ0n) is 37.7. The van der Waals surface area contributed by atoms with E-state index >= 15 is 0 Å². The van der Waals surface area contributed by atoms with Crippen LogP contribution in [0.2, 0.25) is 0 Å². The van der Waals surface area contributed by atoms with Gasteiger partial charge in [-0.2, -0.15) is 0 Å². The Labute approximate surface area is 405 Å². The van der Waals surface area contributed by atoms with Crippen LogP contribution in [0.25, 0.3) is 112 Å². The van der Waals surface area contributed by atoms with Crippen LogP contribution in [0.15, 0.2) is 206 Å². The van der Waals surface area contributed by atoms with Crippen molar-refractivity contribution in [2.45, 2.75) is 19.3 Å². The second-order valence-electron chi connectivity index (χ2n) is 18.8. The van der Waals surface area contributed by atoms with Gasteiger partial charge < -0.3 is 4.90 Å². The molecular formula is C63H40N4S2. The first-order chi connectivity index (χ1) is 34.0. The summed E-state index contributed by atoms with van der Waals surface area (Å²) in [6, 6.07) is 75.4. The van der Waals surface area contributed by atoms with Gasteiger partial charge in [0.25, 0.3) is 0 Å². The van der Waals surface area contributed by atoms with Crippen molar-refractivity contribution in [3.63, 3.8) is 0 Å². The number of nitrogens with zero attached hydrogens (tertiary/aromatic N) is 4. The van der Waals surface area contributed by atoms with Crippen LogP contribution in [-0.2, 0) is 5.41 Å². The summed E-state index contributed by atoms with van der Waals surface area (Å²) >= 11 is 3.77. The molecule has 4 heterocycles. The maximum atomic E-state index is 5.77. The normalized spacial score (nSPS) is 13.2. The summed E-state index contributed by atoms with van der Waals surface area (Å²) in [5.74, 6) is 0.652. The lowest BCUT2D eigenvalue weighted by molar-refractivity contribution is 0.660. The van der Waals surface area contributed by atoms with Crippen LogP contribution in [0, 0.1) is 0 Å². The van der Waals surface area contributed by atoms with Gasteiger partial charge in [0.15, 0.2) is 0 Å². The summed E-state index contributed by atoms with van der Waals surface area (Å²) in [5.41, 5.74) is 13.5. The predicted molar refractivity (Wildman–Crippen MR) is 295 cm³/mol. The number of hydrogen-bond acceptors (Lipinski definition) is 5. The van der Waals surface area contributed by atoms with Gasteiger partial charge in [0.1, 0.15) is 0 Å². The topological polar surface area (TPSA) is 34.0 Å². The predicted octanol–water partition coefficient (Wildman–Crippen LogP) is 18.1. The number of fused-ring (bicyclic) bond motifs is 18. The molecule has 15 rings (SSSR count). The minimum Gasteiger partial charge on any atom is -0.310 e. The van der Waals surface area contributed by atoms with Gasteiger partial charge in [-0.3, -0.25) is 4.57 Å². The van der Waals surface area contributed by atoms with Crippen LogP contribution in [-0.4, -0.2) is 14.5 Å². The van der Waals surface area contributed by atoms with Gasteiger partial charge in [0.2, 0.25) is 5.95 Å². The Morgan fingerprint density at radius 2 is 1.09 bits per heavy atom. The van der Waals surface area contributed by atoms with Gasteiger partial charge in [-0.15, -0.1) is 22.7 Å². The first kappa shape index (κ1) is 38.9. The first-order valence-electron chi connectivity index (χ1n) is 23.6. The van der Waals surface area contributed by atoms with E-state index in [1.807, 2.05) is 22.7 Å². The summed E-state index contributed by atoms with van der Waals surface area (Å²) < 4.78 is 7.52. The molecule has 0 bridgehead atoms. The number of aromatic nitrogens is 3. The quantitative estimate of drug-likeness (QED) is 0.172. The van der Waals surface area contributed by atoms with E-state index in [1.54, 1.807) is 0 Å². The number of anilines is 3. The van der Waals surface area contributed by atoms with Crippen molar-refractivity contribution in [1.29, 1.82) is 0 Å². The molecule has 0 unspecified atom stereocenters. The van der Waals surface area contributed by atoms with Gasteiger partial charge in [-0.1, -0.05) is 147 Å². The van der Waals surface area contributed by atoms with Crippen LogP contribution < -0.4 is 4.90 Å². The summed E-state index contributed by atoms with van der Waals surface area (Å²) in [6.45, 7) is 4.70. The van der Waals surface area contributed by atoms with Crippen LogP contribution in [0.4, 0.5) is 17.1 Å². The second-order valence-corrected chi connectivity index (χ2v) is 21.0. The molecular weight excluding hydrogens is 877 g/mol. The zero-order chi connectivity index (χ0) is 45.5. The van der Waals surface area contributed by atoms with Crippen LogP contribution in [0.1, 0.15) is 25.0 Å². The van der Waals surface area contributed by atoms with Crippen molar-refractivity contribution < 1.29 is 0 Å². The molecule has 0 saturated heterocycles. The monoisotopic (exact) mass is 916 g/mol. The highest BCUT2D eigenvalue weighted by atomic mass is 32.1. The molecule has 0 saturated carbocycles. The molecule has 69 heavy (non-hydrogen) atoms. The Morgan fingerprint density at radius 1 is 0.435 bits per heavy atom. The molecule has 4 nitrogen and oxygen atoms in total. The molecule has 0 fully saturated rings. The van der Waals surface area contributed by atoms with Crippen molar-refractivity contribution in [2.24, 2.45) is 0 Å². The minimum absolute atomic E-state index is 0.156. The lowest BCUT2D eigenvalue weighted by Crippen LogP contribution is -2.15. The molecule has 6 heteroatoms. The van der Waals surface area contributed by atoms with Crippen LogP contribution >= 0.6 is 22.7 Å². The highest BCUT2D eigenvalue weighted by Crippen LogP contribution is 2.53. The highest BCUT2D eigenvalue weighted by Gasteiger charge is 2.36. The van der Waals surface area contributed by atoms with Crippen molar-refractivity contribution in [2.75, 3.05) is 4.90 Å². The minimum atomic E-state index is -0.156. The largest absolute Gasteiger partial charge is 0.310 e. The van der Waals surface area contributed by atoms with Gasteiger partial charge in [0.05, 0.1) is 22.2 Å². The van der Waals surface area contributed by atoms with E-state index in [0.717, 1.165) is 55.6 Å². The standard InChI is InChI=1S/C63H40N4S2/c1-63(2)48-25-13-9-21-41(48)42-31-29-37(35-49(42)63)59-43-22-10-14-26-50(43)64-62(65-59)67-51-33-30-40(66(38-17-5-3-6-18-38)39-19-7-4-8-20-39)36-47(51)58-60(67)46-32-34-54-55(44-23-11-15-27-52(44)68-54)56(46)57-45-24-12-16-28-53(45)69-61(57)58/h3-36H,1-2H3. The third-order valence-electron chi connectivity index (χ3n) is 14.8. The number of rotatable bonds is 5. The van der Waals surface area contributed by atoms with E-state index < -0.39 is 0 Å². The molecule has 0 aliphatic heterocycles.